The molecule has 3 atom stereocenters. The summed E-state index contributed by atoms with van der Waals surface area (Å²) in [7, 11) is 0. The minimum Gasteiger partial charge on any atom is -0.462 e. The molecule has 6 nitrogen and oxygen atoms in total. The number of hydrogen-bond donors (Lipinski definition) is 3. The molecule has 1 amide bonds. The number of aliphatic hydroxyl groups is 2. The molecular formula is C58H101NO5. The molecule has 0 rings (SSSR count). The van der Waals surface area contributed by atoms with Crippen molar-refractivity contribution in [1.29, 1.82) is 0 Å². The summed E-state index contributed by atoms with van der Waals surface area (Å²) in [5.41, 5.74) is 0. The van der Waals surface area contributed by atoms with E-state index >= 15 is 0 Å². The maximum atomic E-state index is 13.2. The van der Waals surface area contributed by atoms with Crippen molar-refractivity contribution in [3.8, 4) is 0 Å². The number of esters is 1. The molecule has 0 aliphatic rings. The Balaban J connectivity index is 4.74. The van der Waals surface area contributed by atoms with Crippen LogP contribution in [0, 0.1) is 0 Å². The molecule has 0 aliphatic heterocycles. The first kappa shape index (κ1) is 61.0. The van der Waals surface area contributed by atoms with Crippen LogP contribution >= 0.6 is 0 Å². The average Bonchev–Trinajstić information content (AvgIpc) is 3.29. The van der Waals surface area contributed by atoms with Gasteiger partial charge in [-0.15, -0.1) is 0 Å². The Kier molecular flexibility index (Phi) is 48.7. The number of hydrogen-bond acceptors (Lipinski definition) is 5. The summed E-state index contributed by atoms with van der Waals surface area (Å²) in [5.74, 6) is -0.613. The molecule has 6 heteroatoms. The van der Waals surface area contributed by atoms with Gasteiger partial charge in [-0.3, -0.25) is 9.59 Å². The van der Waals surface area contributed by atoms with Gasteiger partial charge in [0.1, 0.15) is 6.10 Å². The van der Waals surface area contributed by atoms with E-state index < -0.39 is 18.2 Å². The van der Waals surface area contributed by atoms with Crippen molar-refractivity contribution in [2.75, 3.05) is 6.61 Å². The highest BCUT2D eigenvalue weighted by atomic mass is 16.5. The van der Waals surface area contributed by atoms with Gasteiger partial charge in [0.15, 0.2) is 0 Å². The maximum Gasteiger partial charge on any atom is 0.306 e. The quantitative estimate of drug-likeness (QED) is 0.0321. The number of nitrogens with one attached hydrogen (secondary N) is 1. The second kappa shape index (κ2) is 51.0. The van der Waals surface area contributed by atoms with E-state index in [2.05, 4.69) is 105 Å². The summed E-state index contributed by atoms with van der Waals surface area (Å²) in [6.45, 7) is 6.34. The van der Waals surface area contributed by atoms with Gasteiger partial charge >= 0.3 is 5.97 Å². The molecular weight excluding hydrogens is 791 g/mol. The van der Waals surface area contributed by atoms with Crippen LogP contribution in [0.2, 0.25) is 0 Å². The van der Waals surface area contributed by atoms with Crippen molar-refractivity contribution in [2.24, 2.45) is 0 Å². The van der Waals surface area contributed by atoms with Crippen molar-refractivity contribution < 1.29 is 24.5 Å². The zero-order chi connectivity index (χ0) is 46.7. The van der Waals surface area contributed by atoms with Crippen LogP contribution in [0.1, 0.15) is 245 Å². The fourth-order valence-corrected chi connectivity index (χ4v) is 7.69. The molecule has 0 aromatic carbocycles. The largest absolute Gasteiger partial charge is 0.462 e. The van der Waals surface area contributed by atoms with E-state index in [0.29, 0.717) is 19.3 Å². The van der Waals surface area contributed by atoms with E-state index in [1.54, 1.807) is 0 Å². The van der Waals surface area contributed by atoms with E-state index in [1.807, 2.05) is 6.08 Å². The number of amides is 1. The van der Waals surface area contributed by atoms with Gasteiger partial charge in [-0.05, 0) is 83.5 Å². The number of carbonyl (C=O) groups excluding carboxylic acids is 2. The van der Waals surface area contributed by atoms with Crippen LogP contribution in [0.4, 0.5) is 0 Å². The van der Waals surface area contributed by atoms with Crippen LogP contribution in [0.5, 0.6) is 0 Å². The van der Waals surface area contributed by atoms with Crippen molar-refractivity contribution >= 4 is 11.9 Å². The molecule has 3 unspecified atom stereocenters. The molecule has 0 fully saturated rings. The fourth-order valence-electron chi connectivity index (χ4n) is 7.69. The SMILES string of the molecule is CC/C=C\C/C=C\C/C=C\C/C=C\C/C=C\CCCC(CC(=O)NC(CO)C(O)CCCCCCCCCCCCCCCCC)OC(=O)CC/C=C/C/C=C\CCCCCCCC. The van der Waals surface area contributed by atoms with Crippen LogP contribution in [-0.4, -0.2) is 46.9 Å². The smallest absolute Gasteiger partial charge is 0.306 e. The third-order valence-corrected chi connectivity index (χ3v) is 11.7. The highest BCUT2D eigenvalue weighted by molar-refractivity contribution is 5.77. The molecule has 3 N–H and O–H groups in total. The predicted molar refractivity (Wildman–Crippen MR) is 278 cm³/mol. The number of allylic oxidation sites excluding steroid dienone is 14. The van der Waals surface area contributed by atoms with Crippen molar-refractivity contribution in [2.45, 2.75) is 264 Å². The lowest BCUT2D eigenvalue weighted by Gasteiger charge is -2.24. The van der Waals surface area contributed by atoms with Gasteiger partial charge in [-0.25, -0.2) is 0 Å². The van der Waals surface area contributed by atoms with Crippen LogP contribution in [0.15, 0.2) is 85.1 Å². The topological polar surface area (TPSA) is 95.9 Å². The summed E-state index contributed by atoms with van der Waals surface area (Å²) in [6, 6.07) is -0.734. The molecule has 64 heavy (non-hydrogen) atoms. The zero-order valence-electron chi connectivity index (χ0n) is 41.9. The molecule has 0 spiro atoms. The van der Waals surface area contributed by atoms with Crippen molar-refractivity contribution in [3.63, 3.8) is 0 Å². The zero-order valence-corrected chi connectivity index (χ0v) is 41.9. The minimum absolute atomic E-state index is 0.0127. The van der Waals surface area contributed by atoms with E-state index in [9.17, 15) is 19.8 Å². The lowest BCUT2D eigenvalue weighted by molar-refractivity contribution is -0.150. The molecule has 0 saturated heterocycles. The second-order valence-electron chi connectivity index (χ2n) is 17.9. The number of ether oxygens (including phenoxy) is 1. The average molecular weight is 892 g/mol. The highest BCUT2D eigenvalue weighted by Gasteiger charge is 2.24. The lowest BCUT2D eigenvalue weighted by Crippen LogP contribution is -2.46. The monoisotopic (exact) mass is 892 g/mol. The molecule has 0 aromatic heterocycles. The Labute approximate surface area is 395 Å². The van der Waals surface area contributed by atoms with E-state index in [0.717, 1.165) is 77.0 Å². The summed E-state index contributed by atoms with van der Waals surface area (Å²) in [4.78, 5) is 26.1. The number of carbonyl (C=O) groups is 2. The van der Waals surface area contributed by atoms with E-state index in [4.69, 9.17) is 4.74 Å². The van der Waals surface area contributed by atoms with Gasteiger partial charge in [-0.1, -0.05) is 234 Å². The summed E-state index contributed by atoms with van der Waals surface area (Å²) in [5, 5.41) is 23.8. The fraction of sp³-hybridized carbons (Fsp3) is 0.724. The molecule has 0 aromatic rings. The predicted octanol–water partition coefficient (Wildman–Crippen LogP) is 16.3. The second-order valence-corrected chi connectivity index (χ2v) is 17.9. The Morgan fingerprint density at radius 3 is 1.31 bits per heavy atom. The Morgan fingerprint density at radius 2 is 0.859 bits per heavy atom. The standard InChI is InChI=1S/C58H101NO5/c1-4-7-10-13-16-19-22-25-27-28-30-32-34-37-40-43-46-49-54(64-58(63)51-48-45-42-39-36-31-24-21-18-15-12-9-6-3)52-57(62)59-55(53-60)56(61)50-47-44-41-38-35-33-29-26-23-20-17-14-11-8-5-2/h7,10,16,19,25,27,30-32,36-37,40,42,45,54-56,60-61H,4-6,8-9,11-15,17-18,20-24,26,28-29,33-35,38-39,41,43-44,46-53H2,1-3H3,(H,59,62)/b10-7-,19-16-,27-25-,32-30-,36-31-,40-37-,45-42+. The highest BCUT2D eigenvalue weighted by Crippen LogP contribution is 2.16. The third kappa shape index (κ3) is 45.6. The van der Waals surface area contributed by atoms with E-state index in [1.165, 1.54) is 116 Å². The summed E-state index contributed by atoms with van der Waals surface area (Å²) in [6.07, 6.45) is 66.6. The van der Waals surface area contributed by atoms with E-state index in [-0.39, 0.29) is 31.3 Å². The number of aliphatic hydroxyl groups excluding tert-OH is 2. The summed E-state index contributed by atoms with van der Waals surface area (Å²) >= 11 is 0. The van der Waals surface area contributed by atoms with Crippen LogP contribution < -0.4 is 5.32 Å². The van der Waals surface area contributed by atoms with Gasteiger partial charge in [0, 0.05) is 6.42 Å². The van der Waals surface area contributed by atoms with Gasteiger partial charge < -0.3 is 20.3 Å². The molecule has 368 valence electrons. The molecule has 0 saturated carbocycles. The van der Waals surface area contributed by atoms with Crippen LogP contribution in [0.25, 0.3) is 0 Å². The van der Waals surface area contributed by atoms with Crippen molar-refractivity contribution in [3.05, 3.63) is 85.1 Å². The Hall–Kier alpha value is -2.96. The molecule has 0 heterocycles. The first-order chi connectivity index (χ1) is 31.5. The minimum atomic E-state index is -0.815. The summed E-state index contributed by atoms with van der Waals surface area (Å²) < 4.78 is 5.87. The van der Waals surface area contributed by atoms with Gasteiger partial charge in [0.05, 0.1) is 25.2 Å². The molecule has 0 radical (unpaired) electrons. The Bertz CT molecular complexity index is 1230. The third-order valence-electron chi connectivity index (χ3n) is 11.7. The number of unbranched alkanes of at least 4 members (excludes halogenated alkanes) is 21. The van der Waals surface area contributed by atoms with Crippen molar-refractivity contribution in [1.82, 2.24) is 5.32 Å². The lowest BCUT2D eigenvalue weighted by atomic mass is 10.0. The normalized spacial score (nSPS) is 13.9. The molecule has 0 aliphatic carbocycles. The van der Waals surface area contributed by atoms with Crippen LogP contribution in [0.3, 0.4) is 0 Å². The van der Waals surface area contributed by atoms with Gasteiger partial charge in [-0.2, -0.15) is 0 Å². The van der Waals surface area contributed by atoms with Gasteiger partial charge in [0.2, 0.25) is 5.91 Å². The molecule has 0 bridgehead atoms. The first-order valence-electron chi connectivity index (χ1n) is 26.8. The van der Waals surface area contributed by atoms with Gasteiger partial charge in [0.25, 0.3) is 0 Å². The number of rotatable bonds is 47. The van der Waals surface area contributed by atoms with Crippen LogP contribution in [-0.2, 0) is 14.3 Å². The maximum absolute atomic E-state index is 13.2. The Morgan fingerprint density at radius 1 is 0.469 bits per heavy atom. The first-order valence-corrected chi connectivity index (χ1v) is 26.8.